The zero-order valence-corrected chi connectivity index (χ0v) is 11.0. The Morgan fingerprint density at radius 2 is 1.94 bits per heavy atom. The maximum Gasteiger partial charge on any atom is 0.319 e. The predicted octanol–water partition coefficient (Wildman–Crippen LogP) is 3.34. The zero-order chi connectivity index (χ0) is 12.7. The lowest BCUT2D eigenvalue weighted by atomic mass is 10.0. The van der Waals surface area contributed by atoms with E-state index in [1.165, 1.54) is 11.1 Å². The summed E-state index contributed by atoms with van der Waals surface area (Å²) in [5.74, 6) is 0. The number of nitrogens with one attached hydrogen (secondary N) is 2. The summed E-state index contributed by atoms with van der Waals surface area (Å²) in [6, 6.07) is 6.10. The van der Waals surface area contributed by atoms with Gasteiger partial charge in [-0.25, -0.2) is 4.79 Å². The standard InChI is InChI=1S/C14H22N2O/c1-4-9-15-14(17)16-13-8-7-11(5-2)10-12(13)6-3/h7-8,10H,4-6,9H2,1-3H3,(H2,15,16,17). The molecule has 0 fully saturated rings. The Hall–Kier alpha value is -1.51. The lowest BCUT2D eigenvalue weighted by Crippen LogP contribution is -2.29. The van der Waals surface area contributed by atoms with Crippen LogP contribution in [0.15, 0.2) is 18.2 Å². The van der Waals surface area contributed by atoms with E-state index in [-0.39, 0.29) is 6.03 Å². The molecule has 94 valence electrons. The first-order valence-corrected chi connectivity index (χ1v) is 6.37. The molecule has 0 radical (unpaired) electrons. The first-order chi connectivity index (χ1) is 8.21. The van der Waals surface area contributed by atoms with Crippen molar-refractivity contribution in [3.05, 3.63) is 29.3 Å². The SMILES string of the molecule is CCCNC(=O)Nc1ccc(CC)cc1CC. The molecular formula is C14H22N2O. The van der Waals surface area contributed by atoms with Gasteiger partial charge in [-0.1, -0.05) is 32.9 Å². The summed E-state index contributed by atoms with van der Waals surface area (Å²) >= 11 is 0. The topological polar surface area (TPSA) is 41.1 Å². The lowest BCUT2D eigenvalue weighted by Gasteiger charge is -2.12. The molecular weight excluding hydrogens is 212 g/mol. The maximum absolute atomic E-state index is 11.6. The number of rotatable bonds is 5. The van der Waals surface area contributed by atoms with Crippen molar-refractivity contribution in [3.63, 3.8) is 0 Å². The zero-order valence-electron chi connectivity index (χ0n) is 11.0. The van der Waals surface area contributed by atoms with Gasteiger partial charge in [-0.2, -0.15) is 0 Å². The number of carbonyl (C=O) groups is 1. The molecule has 0 bridgehead atoms. The average Bonchev–Trinajstić information content (AvgIpc) is 2.36. The molecule has 0 heterocycles. The van der Waals surface area contributed by atoms with Gasteiger partial charge in [0.15, 0.2) is 0 Å². The average molecular weight is 234 g/mol. The summed E-state index contributed by atoms with van der Waals surface area (Å²) in [4.78, 5) is 11.6. The van der Waals surface area contributed by atoms with Crippen LogP contribution in [-0.2, 0) is 12.8 Å². The third kappa shape index (κ3) is 4.10. The van der Waals surface area contributed by atoms with Crippen molar-refractivity contribution in [1.29, 1.82) is 0 Å². The van der Waals surface area contributed by atoms with Crippen LogP contribution in [0.1, 0.15) is 38.3 Å². The molecule has 1 rings (SSSR count). The molecule has 0 atom stereocenters. The normalized spacial score (nSPS) is 10.1. The molecule has 0 spiro atoms. The smallest absolute Gasteiger partial charge is 0.319 e. The van der Waals surface area contributed by atoms with Gasteiger partial charge in [-0.15, -0.1) is 0 Å². The molecule has 1 aromatic carbocycles. The third-order valence-electron chi connectivity index (χ3n) is 2.74. The van der Waals surface area contributed by atoms with E-state index in [0.29, 0.717) is 6.54 Å². The molecule has 0 saturated carbocycles. The Bertz CT molecular complexity index is 374. The van der Waals surface area contributed by atoms with Gasteiger partial charge in [0.25, 0.3) is 0 Å². The first-order valence-electron chi connectivity index (χ1n) is 6.37. The van der Waals surface area contributed by atoms with Gasteiger partial charge in [0.1, 0.15) is 0 Å². The monoisotopic (exact) mass is 234 g/mol. The van der Waals surface area contributed by atoms with Crippen LogP contribution in [0.2, 0.25) is 0 Å². The van der Waals surface area contributed by atoms with Gasteiger partial charge in [0.05, 0.1) is 0 Å². The van der Waals surface area contributed by atoms with Crippen LogP contribution < -0.4 is 10.6 Å². The lowest BCUT2D eigenvalue weighted by molar-refractivity contribution is 0.252. The number of aryl methyl sites for hydroxylation is 2. The fourth-order valence-electron chi connectivity index (χ4n) is 1.69. The molecule has 0 unspecified atom stereocenters. The van der Waals surface area contributed by atoms with Crippen LogP contribution in [0.25, 0.3) is 0 Å². The van der Waals surface area contributed by atoms with Gasteiger partial charge in [0.2, 0.25) is 0 Å². The highest BCUT2D eigenvalue weighted by molar-refractivity contribution is 5.90. The van der Waals surface area contributed by atoms with Crippen LogP contribution in [-0.4, -0.2) is 12.6 Å². The number of hydrogen-bond donors (Lipinski definition) is 2. The molecule has 17 heavy (non-hydrogen) atoms. The van der Waals surface area contributed by atoms with Crippen molar-refractivity contribution in [2.24, 2.45) is 0 Å². The molecule has 0 saturated heterocycles. The van der Waals surface area contributed by atoms with Gasteiger partial charge >= 0.3 is 6.03 Å². The number of urea groups is 1. The van der Waals surface area contributed by atoms with Crippen molar-refractivity contribution in [2.75, 3.05) is 11.9 Å². The van der Waals surface area contributed by atoms with E-state index in [0.717, 1.165) is 24.9 Å². The fraction of sp³-hybridized carbons (Fsp3) is 0.500. The van der Waals surface area contributed by atoms with Gasteiger partial charge in [0, 0.05) is 12.2 Å². The fourth-order valence-corrected chi connectivity index (χ4v) is 1.69. The van der Waals surface area contributed by atoms with E-state index in [1.54, 1.807) is 0 Å². The van der Waals surface area contributed by atoms with Crippen LogP contribution in [0.4, 0.5) is 10.5 Å². The van der Waals surface area contributed by atoms with Crippen molar-refractivity contribution >= 4 is 11.7 Å². The van der Waals surface area contributed by atoms with Crippen LogP contribution in [0.5, 0.6) is 0 Å². The molecule has 0 aromatic heterocycles. The molecule has 2 amide bonds. The summed E-state index contributed by atoms with van der Waals surface area (Å²) in [7, 11) is 0. The van der Waals surface area contributed by atoms with Crippen LogP contribution >= 0.6 is 0 Å². The second-order valence-corrected chi connectivity index (χ2v) is 4.08. The van der Waals surface area contributed by atoms with Gasteiger partial charge in [-0.05, 0) is 36.5 Å². The molecule has 3 heteroatoms. The highest BCUT2D eigenvalue weighted by Crippen LogP contribution is 2.18. The molecule has 0 aliphatic rings. The van der Waals surface area contributed by atoms with E-state index in [1.807, 2.05) is 13.0 Å². The molecule has 3 nitrogen and oxygen atoms in total. The van der Waals surface area contributed by atoms with Crippen LogP contribution in [0.3, 0.4) is 0 Å². The largest absolute Gasteiger partial charge is 0.338 e. The Labute approximate surface area is 104 Å². The summed E-state index contributed by atoms with van der Waals surface area (Å²) in [6.45, 7) is 6.98. The quantitative estimate of drug-likeness (QED) is 0.806. The number of benzene rings is 1. The third-order valence-corrected chi connectivity index (χ3v) is 2.74. The summed E-state index contributed by atoms with van der Waals surface area (Å²) in [5.41, 5.74) is 3.41. The number of amides is 2. The van der Waals surface area contributed by atoms with Crippen molar-refractivity contribution < 1.29 is 4.79 Å². The van der Waals surface area contributed by atoms with E-state index >= 15 is 0 Å². The van der Waals surface area contributed by atoms with E-state index in [2.05, 4.69) is 36.6 Å². The van der Waals surface area contributed by atoms with Crippen LogP contribution in [0, 0.1) is 0 Å². The maximum atomic E-state index is 11.6. The Morgan fingerprint density at radius 3 is 2.53 bits per heavy atom. The highest BCUT2D eigenvalue weighted by Gasteiger charge is 2.05. The highest BCUT2D eigenvalue weighted by atomic mass is 16.2. The molecule has 0 aliphatic heterocycles. The number of hydrogen-bond acceptors (Lipinski definition) is 1. The molecule has 0 aliphatic carbocycles. The second kappa shape index (κ2) is 6.94. The minimum Gasteiger partial charge on any atom is -0.338 e. The van der Waals surface area contributed by atoms with Crippen molar-refractivity contribution in [2.45, 2.75) is 40.0 Å². The predicted molar refractivity (Wildman–Crippen MR) is 72.5 cm³/mol. The Kier molecular flexibility index (Phi) is 5.53. The summed E-state index contributed by atoms with van der Waals surface area (Å²) in [5, 5.41) is 5.71. The number of anilines is 1. The second-order valence-electron chi connectivity index (χ2n) is 4.08. The van der Waals surface area contributed by atoms with Gasteiger partial charge < -0.3 is 10.6 Å². The molecule has 1 aromatic rings. The summed E-state index contributed by atoms with van der Waals surface area (Å²) in [6.07, 6.45) is 2.90. The molecule has 2 N–H and O–H groups in total. The first kappa shape index (κ1) is 13.6. The minimum absolute atomic E-state index is 0.120. The van der Waals surface area contributed by atoms with Crippen molar-refractivity contribution in [3.8, 4) is 0 Å². The van der Waals surface area contributed by atoms with E-state index in [9.17, 15) is 4.79 Å². The van der Waals surface area contributed by atoms with Gasteiger partial charge in [-0.3, -0.25) is 0 Å². The van der Waals surface area contributed by atoms with E-state index < -0.39 is 0 Å². The summed E-state index contributed by atoms with van der Waals surface area (Å²) < 4.78 is 0. The van der Waals surface area contributed by atoms with Crippen molar-refractivity contribution in [1.82, 2.24) is 5.32 Å². The number of carbonyl (C=O) groups excluding carboxylic acids is 1. The van der Waals surface area contributed by atoms with E-state index in [4.69, 9.17) is 0 Å². The minimum atomic E-state index is -0.120. The Balaban J connectivity index is 2.73. The Morgan fingerprint density at radius 1 is 1.18 bits per heavy atom.